The monoisotopic (exact) mass is 499 g/mol. The van der Waals surface area contributed by atoms with Crippen molar-refractivity contribution < 1.29 is 13.6 Å². The Morgan fingerprint density at radius 1 is 1.20 bits per heavy atom. The summed E-state index contributed by atoms with van der Waals surface area (Å²) in [6.45, 7) is 11.1. The number of oxazole rings is 1. The minimum atomic E-state index is -2.19. The maximum atomic E-state index is 13.3. The van der Waals surface area contributed by atoms with Crippen molar-refractivity contribution in [3.8, 4) is 0 Å². The van der Waals surface area contributed by atoms with Gasteiger partial charge in [-0.25, -0.2) is 4.98 Å². The Hall–Kier alpha value is -1.96. The van der Waals surface area contributed by atoms with Crippen LogP contribution in [0.1, 0.15) is 83.3 Å². The predicted molar refractivity (Wildman–Crippen MR) is 143 cm³/mol. The molecule has 194 valence electrons. The van der Waals surface area contributed by atoms with Crippen molar-refractivity contribution in [3.05, 3.63) is 54.2 Å². The van der Waals surface area contributed by atoms with Crippen molar-refractivity contribution in [1.29, 1.82) is 0 Å². The number of rotatable bonds is 11. The number of aryl methyl sites for hydroxylation is 1. The van der Waals surface area contributed by atoms with E-state index >= 15 is 0 Å². The van der Waals surface area contributed by atoms with Gasteiger partial charge in [-0.2, -0.15) is 0 Å². The molecule has 2 aromatic rings. The van der Waals surface area contributed by atoms with E-state index in [-0.39, 0.29) is 17.0 Å². The Bertz CT molecular complexity index is 890. The van der Waals surface area contributed by atoms with Gasteiger partial charge in [0.05, 0.1) is 18.3 Å². The SMILES string of the molecule is CC(C)(C)[Si](C)(C)OC(c1ncco1)C(CCc1ccccc1)NC(=O)C(N)CC1CCCCC1. The molecular formula is C28H45N3O3Si. The molecule has 3 rings (SSSR count). The third-order valence-electron chi connectivity index (χ3n) is 7.85. The molecule has 1 aliphatic carbocycles. The minimum absolute atomic E-state index is 0.00319. The number of nitrogens with one attached hydrogen (secondary N) is 1. The highest BCUT2D eigenvalue weighted by atomic mass is 28.4. The standard InChI is InChI=1S/C28H45N3O3Si/c1-28(2,3)35(4,5)34-25(27-30-18-19-33-27)24(17-16-21-12-8-6-9-13-21)31-26(32)23(29)20-22-14-10-7-11-15-22/h6,8-9,12-13,18-19,22-25H,7,10-11,14-17,20,29H2,1-5H3,(H,31,32). The van der Waals surface area contributed by atoms with E-state index in [0.717, 1.165) is 12.8 Å². The second-order valence-corrected chi connectivity index (χ2v) is 16.4. The van der Waals surface area contributed by atoms with E-state index in [2.05, 4.69) is 56.3 Å². The fraction of sp³-hybridized carbons (Fsp3) is 0.643. The highest BCUT2D eigenvalue weighted by molar-refractivity contribution is 6.74. The zero-order valence-electron chi connectivity index (χ0n) is 22.3. The van der Waals surface area contributed by atoms with Gasteiger partial charge in [-0.3, -0.25) is 4.79 Å². The number of nitrogens with two attached hydrogens (primary N) is 1. The Morgan fingerprint density at radius 3 is 2.49 bits per heavy atom. The molecule has 0 saturated heterocycles. The van der Waals surface area contributed by atoms with Crippen LogP contribution in [0.25, 0.3) is 0 Å². The van der Waals surface area contributed by atoms with Gasteiger partial charge < -0.3 is 19.9 Å². The van der Waals surface area contributed by atoms with Crippen LogP contribution in [-0.4, -0.2) is 31.3 Å². The maximum Gasteiger partial charge on any atom is 0.237 e. The number of amides is 1. The van der Waals surface area contributed by atoms with Gasteiger partial charge in [0.15, 0.2) is 8.32 Å². The first-order valence-electron chi connectivity index (χ1n) is 13.2. The lowest BCUT2D eigenvalue weighted by atomic mass is 9.85. The second-order valence-electron chi connectivity index (χ2n) is 11.7. The van der Waals surface area contributed by atoms with Crippen LogP contribution < -0.4 is 11.1 Å². The lowest BCUT2D eigenvalue weighted by Gasteiger charge is -2.40. The Kier molecular flexibility index (Phi) is 9.73. The molecule has 1 aliphatic rings. The van der Waals surface area contributed by atoms with Crippen LogP contribution in [0, 0.1) is 5.92 Å². The number of nitrogens with zero attached hydrogens (tertiary/aromatic N) is 1. The quantitative estimate of drug-likeness (QED) is 0.362. The molecule has 3 unspecified atom stereocenters. The Balaban J connectivity index is 1.81. The van der Waals surface area contributed by atoms with E-state index < -0.39 is 20.5 Å². The van der Waals surface area contributed by atoms with Crippen molar-refractivity contribution in [2.75, 3.05) is 0 Å². The van der Waals surface area contributed by atoms with Gasteiger partial charge in [-0.1, -0.05) is 83.2 Å². The molecule has 35 heavy (non-hydrogen) atoms. The van der Waals surface area contributed by atoms with E-state index in [0.29, 0.717) is 18.2 Å². The third-order valence-corrected chi connectivity index (χ3v) is 12.3. The molecule has 6 nitrogen and oxygen atoms in total. The zero-order valence-corrected chi connectivity index (χ0v) is 23.3. The van der Waals surface area contributed by atoms with Crippen LogP contribution in [0.3, 0.4) is 0 Å². The minimum Gasteiger partial charge on any atom is -0.446 e. The molecule has 1 aromatic carbocycles. The first-order valence-corrected chi connectivity index (χ1v) is 16.1. The molecule has 7 heteroatoms. The van der Waals surface area contributed by atoms with Gasteiger partial charge in [0, 0.05) is 0 Å². The number of carbonyl (C=O) groups is 1. The number of aromatic nitrogens is 1. The average Bonchev–Trinajstić information content (AvgIpc) is 3.35. The van der Waals surface area contributed by atoms with Crippen LogP contribution in [0.5, 0.6) is 0 Å². The van der Waals surface area contributed by atoms with Crippen LogP contribution in [-0.2, 0) is 15.6 Å². The number of hydrogen-bond acceptors (Lipinski definition) is 5. The van der Waals surface area contributed by atoms with E-state index in [1.807, 2.05) is 18.2 Å². The summed E-state index contributed by atoms with van der Waals surface area (Å²) in [5.74, 6) is 0.941. The molecule has 0 aliphatic heterocycles. The van der Waals surface area contributed by atoms with Gasteiger partial charge in [-0.05, 0) is 48.9 Å². The van der Waals surface area contributed by atoms with Gasteiger partial charge in [0.1, 0.15) is 12.4 Å². The van der Waals surface area contributed by atoms with Crippen molar-refractivity contribution in [3.63, 3.8) is 0 Å². The van der Waals surface area contributed by atoms with Crippen molar-refractivity contribution in [2.24, 2.45) is 11.7 Å². The molecule has 1 fully saturated rings. The second kappa shape index (κ2) is 12.3. The number of hydrogen-bond donors (Lipinski definition) is 2. The van der Waals surface area contributed by atoms with Crippen LogP contribution in [0.2, 0.25) is 18.1 Å². The summed E-state index contributed by atoms with van der Waals surface area (Å²) in [7, 11) is -2.19. The van der Waals surface area contributed by atoms with Crippen LogP contribution in [0.15, 0.2) is 47.2 Å². The fourth-order valence-corrected chi connectivity index (χ4v) is 5.87. The highest BCUT2D eigenvalue weighted by Crippen LogP contribution is 2.41. The topological polar surface area (TPSA) is 90.4 Å². The first kappa shape index (κ1) is 27.6. The van der Waals surface area contributed by atoms with Crippen molar-refractivity contribution >= 4 is 14.2 Å². The number of carbonyl (C=O) groups excluding carboxylic acids is 1. The van der Waals surface area contributed by atoms with Gasteiger partial charge in [0.2, 0.25) is 11.8 Å². The lowest BCUT2D eigenvalue weighted by molar-refractivity contribution is -0.124. The molecule has 0 bridgehead atoms. The van der Waals surface area contributed by atoms with E-state index in [1.54, 1.807) is 12.5 Å². The van der Waals surface area contributed by atoms with E-state index in [1.165, 1.54) is 37.7 Å². The average molecular weight is 500 g/mol. The van der Waals surface area contributed by atoms with Gasteiger partial charge >= 0.3 is 0 Å². The van der Waals surface area contributed by atoms with E-state index in [4.69, 9.17) is 14.6 Å². The maximum absolute atomic E-state index is 13.3. The van der Waals surface area contributed by atoms with Crippen molar-refractivity contribution in [2.45, 2.75) is 108 Å². The first-order chi connectivity index (χ1) is 16.6. The fourth-order valence-electron chi connectivity index (χ4n) is 4.62. The summed E-state index contributed by atoms with van der Waals surface area (Å²) >= 11 is 0. The lowest BCUT2D eigenvalue weighted by Crippen LogP contribution is -2.51. The summed E-state index contributed by atoms with van der Waals surface area (Å²) in [5.41, 5.74) is 7.65. The smallest absolute Gasteiger partial charge is 0.237 e. The summed E-state index contributed by atoms with van der Waals surface area (Å²) in [6, 6.07) is 9.51. The molecule has 3 N–H and O–H groups in total. The molecule has 0 spiro atoms. The Morgan fingerprint density at radius 2 is 1.89 bits per heavy atom. The summed E-state index contributed by atoms with van der Waals surface area (Å²) in [4.78, 5) is 17.8. The summed E-state index contributed by atoms with van der Waals surface area (Å²) in [6.07, 6.45) is 11.1. The molecule has 1 aromatic heterocycles. The normalized spacial score (nSPS) is 18.1. The van der Waals surface area contributed by atoms with E-state index in [9.17, 15) is 4.79 Å². The van der Waals surface area contributed by atoms with Crippen molar-refractivity contribution in [1.82, 2.24) is 10.3 Å². The predicted octanol–water partition coefficient (Wildman–Crippen LogP) is 6.15. The molecule has 1 saturated carbocycles. The number of benzene rings is 1. The highest BCUT2D eigenvalue weighted by Gasteiger charge is 2.43. The van der Waals surface area contributed by atoms with Crippen LogP contribution >= 0.6 is 0 Å². The largest absolute Gasteiger partial charge is 0.446 e. The Labute approximate surface area is 212 Å². The molecule has 1 amide bonds. The summed E-state index contributed by atoms with van der Waals surface area (Å²) in [5, 5.41) is 3.28. The molecule has 3 atom stereocenters. The molecule has 0 radical (unpaired) electrons. The third kappa shape index (κ3) is 8.02. The summed E-state index contributed by atoms with van der Waals surface area (Å²) < 4.78 is 12.6. The zero-order chi connectivity index (χ0) is 25.5. The van der Waals surface area contributed by atoms with Gasteiger partial charge in [-0.15, -0.1) is 0 Å². The molecule has 1 heterocycles. The van der Waals surface area contributed by atoms with Gasteiger partial charge in [0.25, 0.3) is 0 Å². The molecular weight excluding hydrogens is 454 g/mol. The van der Waals surface area contributed by atoms with Crippen LogP contribution in [0.4, 0.5) is 0 Å².